The molecule has 0 aliphatic rings. The molecule has 3 nitrogen and oxygen atoms in total. The minimum Gasteiger partial charge on any atom is -0.492 e. The molecule has 0 unspecified atom stereocenters. The lowest BCUT2D eigenvalue weighted by Crippen LogP contribution is -2.21. The molecular formula is C17H21BrN2O. The maximum absolute atomic E-state index is 5.81. The SMILES string of the molecule is CC(C)NCc1ccc(OCCc2ccccn2)c(Br)c1. The smallest absolute Gasteiger partial charge is 0.133 e. The van der Waals surface area contributed by atoms with Crippen molar-refractivity contribution in [2.75, 3.05) is 6.61 Å². The Balaban J connectivity index is 1.86. The number of hydrogen-bond acceptors (Lipinski definition) is 3. The van der Waals surface area contributed by atoms with Crippen molar-refractivity contribution in [2.45, 2.75) is 32.9 Å². The molecular weight excluding hydrogens is 328 g/mol. The van der Waals surface area contributed by atoms with Gasteiger partial charge in [-0.3, -0.25) is 4.98 Å². The summed E-state index contributed by atoms with van der Waals surface area (Å²) in [5.41, 5.74) is 2.29. The van der Waals surface area contributed by atoms with Crippen LogP contribution in [0.5, 0.6) is 5.75 Å². The minimum absolute atomic E-state index is 0.484. The topological polar surface area (TPSA) is 34.1 Å². The van der Waals surface area contributed by atoms with Gasteiger partial charge in [0.05, 0.1) is 11.1 Å². The summed E-state index contributed by atoms with van der Waals surface area (Å²) in [4.78, 5) is 4.29. The van der Waals surface area contributed by atoms with E-state index in [1.165, 1.54) is 5.56 Å². The second-order valence-corrected chi connectivity index (χ2v) is 6.07. The van der Waals surface area contributed by atoms with E-state index in [-0.39, 0.29) is 0 Å². The van der Waals surface area contributed by atoms with Crippen LogP contribution in [0.2, 0.25) is 0 Å². The van der Waals surface area contributed by atoms with E-state index >= 15 is 0 Å². The summed E-state index contributed by atoms with van der Waals surface area (Å²) < 4.78 is 6.81. The maximum Gasteiger partial charge on any atom is 0.133 e. The van der Waals surface area contributed by atoms with Crippen molar-refractivity contribution in [2.24, 2.45) is 0 Å². The predicted octanol–water partition coefficient (Wildman–Crippen LogP) is 3.96. The second-order valence-electron chi connectivity index (χ2n) is 5.22. The number of nitrogens with zero attached hydrogens (tertiary/aromatic N) is 1. The van der Waals surface area contributed by atoms with Gasteiger partial charge >= 0.3 is 0 Å². The number of ether oxygens (including phenoxy) is 1. The Bertz CT molecular complexity index is 558. The van der Waals surface area contributed by atoms with Gasteiger partial charge in [-0.1, -0.05) is 26.0 Å². The van der Waals surface area contributed by atoms with Crippen LogP contribution in [0.4, 0.5) is 0 Å². The van der Waals surface area contributed by atoms with E-state index < -0.39 is 0 Å². The Morgan fingerprint density at radius 1 is 1.24 bits per heavy atom. The zero-order valence-electron chi connectivity index (χ0n) is 12.5. The Morgan fingerprint density at radius 3 is 2.76 bits per heavy atom. The third-order valence-electron chi connectivity index (χ3n) is 3.05. The van der Waals surface area contributed by atoms with Crippen molar-refractivity contribution >= 4 is 15.9 Å². The number of pyridine rings is 1. The van der Waals surface area contributed by atoms with Crippen molar-refractivity contribution < 1.29 is 4.74 Å². The zero-order valence-corrected chi connectivity index (χ0v) is 14.1. The molecule has 0 fully saturated rings. The molecule has 2 rings (SSSR count). The van der Waals surface area contributed by atoms with Gasteiger partial charge in [-0.2, -0.15) is 0 Å². The lowest BCUT2D eigenvalue weighted by Gasteiger charge is -2.11. The van der Waals surface area contributed by atoms with E-state index in [1.807, 2.05) is 30.5 Å². The van der Waals surface area contributed by atoms with Crippen LogP contribution in [0.3, 0.4) is 0 Å². The first-order chi connectivity index (χ1) is 10.1. The molecule has 2 aromatic rings. The third kappa shape index (κ3) is 5.48. The highest BCUT2D eigenvalue weighted by Crippen LogP contribution is 2.26. The lowest BCUT2D eigenvalue weighted by atomic mass is 10.2. The number of halogens is 1. The molecule has 0 spiro atoms. The number of aromatic nitrogens is 1. The molecule has 0 atom stereocenters. The highest BCUT2D eigenvalue weighted by molar-refractivity contribution is 9.10. The summed E-state index contributed by atoms with van der Waals surface area (Å²) in [6, 6.07) is 12.6. The van der Waals surface area contributed by atoms with Gasteiger partial charge in [0, 0.05) is 30.9 Å². The van der Waals surface area contributed by atoms with Gasteiger partial charge in [0.25, 0.3) is 0 Å². The van der Waals surface area contributed by atoms with Crippen LogP contribution in [0, 0.1) is 0 Å². The average molecular weight is 349 g/mol. The summed E-state index contributed by atoms with van der Waals surface area (Å²) in [6.07, 6.45) is 2.62. The fraction of sp³-hybridized carbons (Fsp3) is 0.353. The summed E-state index contributed by atoms with van der Waals surface area (Å²) in [6.45, 7) is 5.78. The van der Waals surface area contributed by atoms with Crippen LogP contribution in [0.15, 0.2) is 47.1 Å². The van der Waals surface area contributed by atoms with Crippen molar-refractivity contribution in [1.29, 1.82) is 0 Å². The summed E-state index contributed by atoms with van der Waals surface area (Å²) >= 11 is 3.57. The lowest BCUT2D eigenvalue weighted by molar-refractivity contribution is 0.318. The molecule has 0 aliphatic heterocycles. The van der Waals surface area contributed by atoms with Crippen LogP contribution in [-0.4, -0.2) is 17.6 Å². The molecule has 0 saturated heterocycles. The van der Waals surface area contributed by atoms with Crippen LogP contribution in [0.25, 0.3) is 0 Å². The standard InChI is InChI=1S/C17H21BrN2O/c1-13(2)20-12-14-6-7-17(16(18)11-14)21-10-8-15-5-3-4-9-19-15/h3-7,9,11,13,20H,8,10,12H2,1-2H3. The molecule has 4 heteroatoms. The van der Waals surface area contributed by atoms with Gasteiger partial charge in [0.2, 0.25) is 0 Å². The van der Waals surface area contributed by atoms with Gasteiger partial charge in [0.1, 0.15) is 5.75 Å². The summed E-state index contributed by atoms with van der Waals surface area (Å²) in [7, 11) is 0. The van der Waals surface area contributed by atoms with Gasteiger partial charge in [0.15, 0.2) is 0 Å². The highest BCUT2D eigenvalue weighted by Gasteiger charge is 2.04. The largest absolute Gasteiger partial charge is 0.492 e. The van der Waals surface area contributed by atoms with E-state index in [0.29, 0.717) is 12.6 Å². The molecule has 0 amide bonds. The average Bonchev–Trinajstić information content (AvgIpc) is 2.48. The molecule has 1 N–H and O–H groups in total. The van der Waals surface area contributed by atoms with E-state index in [9.17, 15) is 0 Å². The molecule has 21 heavy (non-hydrogen) atoms. The van der Waals surface area contributed by atoms with Crippen molar-refractivity contribution in [3.63, 3.8) is 0 Å². The van der Waals surface area contributed by atoms with Gasteiger partial charge in [-0.25, -0.2) is 0 Å². The molecule has 0 saturated carbocycles. The quantitative estimate of drug-likeness (QED) is 0.822. The van der Waals surface area contributed by atoms with Crippen molar-refractivity contribution in [3.8, 4) is 5.75 Å². The normalized spacial score (nSPS) is 10.9. The van der Waals surface area contributed by atoms with Crippen molar-refractivity contribution in [1.82, 2.24) is 10.3 Å². The maximum atomic E-state index is 5.81. The monoisotopic (exact) mass is 348 g/mol. The molecule has 1 heterocycles. The molecule has 0 aliphatic carbocycles. The Labute approximate surface area is 134 Å². The third-order valence-corrected chi connectivity index (χ3v) is 3.67. The van der Waals surface area contributed by atoms with Gasteiger partial charge in [-0.15, -0.1) is 0 Å². The molecule has 0 radical (unpaired) electrons. The van der Waals surface area contributed by atoms with E-state index in [1.54, 1.807) is 0 Å². The predicted molar refractivity (Wildman–Crippen MR) is 89.6 cm³/mol. The number of hydrogen-bond donors (Lipinski definition) is 1. The van der Waals surface area contributed by atoms with Crippen LogP contribution in [0.1, 0.15) is 25.1 Å². The first-order valence-electron chi connectivity index (χ1n) is 7.19. The Hall–Kier alpha value is -1.39. The van der Waals surface area contributed by atoms with Crippen LogP contribution < -0.4 is 10.1 Å². The Kier molecular flexibility index (Phi) is 6.21. The van der Waals surface area contributed by atoms with E-state index in [4.69, 9.17) is 4.74 Å². The Morgan fingerprint density at radius 2 is 2.10 bits per heavy atom. The fourth-order valence-electron chi connectivity index (χ4n) is 1.90. The fourth-order valence-corrected chi connectivity index (χ4v) is 2.45. The molecule has 1 aromatic heterocycles. The summed E-state index contributed by atoms with van der Waals surface area (Å²) in [5, 5.41) is 3.40. The zero-order chi connectivity index (χ0) is 15.1. The number of nitrogens with one attached hydrogen (secondary N) is 1. The molecule has 112 valence electrons. The van der Waals surface area contributed by atoms with Gasteiger partial charge in [-0.05, 0) is 45.8 Å². The van der Waals surface area contributed by atoms with Crippen LogP contribution >= 0.6 is 15.9 Å². The van der Waals surface area contributed by atoms with E-state index in [2.05, 4.69) is 52.2 Å². The molecule has 1 aromatic carbocycles. The summed E-state index contributed by atoms with van der Waals surface area (Å²) in [5.74, 6) is 0.874. The van der Waals surface area contributed by atoms with Crippen LogP contribution in [-0.2, 0) is 13.0 Å². The number of rotatable bonds is 7. The highest BCUT2D eigenvalue weighted by atomic mass is 79.9. The molecule has 0 bridgehead atoms. The van der Waals surface area contributed by atoms with Crippen molar-refractivity contribution in [3.05, 3.63) is 58.3 Å². The second kappa shape index (κ2) is 8.15. The first-order valence-corrected chi connectivity index (χ1v) is 7.99. The van der Waals surface area contributed by atoms with E-state index in [0.717, 1.165) is 28.9 Å². The van der Waals surface area contributed by atoms with Gasteiger partial charge < -0.3 is 10.1 Å². The first kappa shape index (κ1) is 16.0. The number of benzene rings is 1. The minimum atomic E-state index is 0.484.